The largest absolute Gasteiger partial charge is 0.369 e. The van der Waals surface area contributed by atoms with Crippen LogP contribution in [0.1, 0.15) is 19.4 Å². The molecule has 0 radical (unpaired) electrons. The normalized spacial score (nSPS) is 19.4. The Kier molecular flexibility index (Phi) is 4.03. The van der Waals surface area contributed by atoms with E-state index in [2.05, 4.69) is 34.7 Å². The fourth-order valence-corrected chi connectivity index (χ4v) is 3.86. The summed E-state index contributed by atoms with van der Waals surface area (Å²) in [6, 6.07) is 5.35. The Balaban J connectivity index is 2.30. The molecule has 0 aliphatic carbocycles. The zero-order valence-corrected chi connectivity index (χ0v) is 12.6. The molecule has 0 spiro atoms. The van der Waals surface area contributed by atoms with Crippen molar-refractivity contribution < 1.29 is 4.39 Å². The zero-order valence-electron chi connectivity index (χ0n) is 10.2. The molecule has 1 aliphatic heterocycles. The monoisotopic (exact) mass is 317 g/mol. The predicted molar refractivity (Wildman–Crippen MR) is 77.8 cm³/mol. The summed E-state index contributed by atoms with van der Waals surface area (Å²) in [6.45, 7) is 6.46. The molecule has 94 valence electrons. The third-order valence-corrected chi connectivity index (χ3v) is 4.85. The first-order chi connectivity index (χ1) is 8.03. The number of hydrogen-bond donors (Lipinski definition) is 0. The summed E-state index contributed by atoms with van der Waals surface area (Å²) in [6.07, 6.45) is 0. The molecule has 0 bridgehead atoms. The number of nitrogens with zero attached hydrogens (tertiary/aromatic N) is 1. The van der Waals surface area contributed by atoms with E-state index in [1.807, 2.05) is 17.8 Å². The summed E-state index contributed by atoms with van der Waals surface area (Å²) >= 11 is 5.37. The Morgan fingerprint density at radius 2 is 2.24 bits per heavy atom. The molecule has 1 aliphatic rings. The number of alkyl halides is 1. The molecule has 0 N–H and O–H groups in total. The number of anilines is 1. The van der Waals surface area contributed by atoms with Gasteiger partial charge in [-0.3, -0.25) is 0 Å². The van der Waals surface area contributed by atoms with Crippen molar-refractivity contribution in [3.05, 3.63) is 29.6 Å². The number of benzene rings is 1. The van der Waals surface area contributed by atoms with E-state index in [4.69, 9.17) is 0 Å². The second-order valence-electron chi connectivity index (χ2n) is 4.90. The predicted octanol–water partition coefficient (Wildman–Crippen LogP) is 4.05. The quantitative estimate of drug-likeness (QED) is 0.757. The van der Waals surface area contributed by atoms with Crippen molar-refractivity contribution in [1.82, 2.24) is 0 Å². The fraction of sp³-hybridized carbons (Fsp3) is 0.538. The lowest BCUT2D eigenvalue weighted by atomic mass is 10.1. The van der Waals surface area contributed by atoms with Crippen LogP contribution < -0.4 is 4.90 Å². The molecule has 1 aromatic carbocycles. The molecule has 1 heterocycles. The summed E-state index contributed by atoms with van der Waals surface area (Å²) in [5.41, 5.74) is 1.81. The SMILES string of the molecule is CC1(C)CN(c2cccc(F)c2CBr)CCS1. The second-order valence-corrected chi connectivity index (χ2v) is 7.26. The molecular formula is C13H17BrFNS. The summed E-state index contributed by atoms with van der Waals surface area (Å²) < 4.78 is 14.0. The minimum Gasteiger partial charge on any atom is -0.369 e. The van der Waals surface area contributed by atoms with Gasteiger partial charge in [0.2, 0.25) is 0 Å². The van der Waals surface area contributed by atoms with Gasteiger partial charge in [0.1, 0.15) is 5.82 Å². The average molecular weight is 318 g/mol. The number of halogens is 2. The number of rotatable bonds is 2. The standard InChI is InChI=1S/C13H17BrFNS/c1-13(2)9-16(6-7-17-13)12-5-3-4-11(15)10(12)8-14/h3-5H,6-9H2,1-2H3. The van der Waals surface area contributed by atoms with Crippen molar-refractivity contribution >= 4 is 33.4 Å². The minimum absolute atomic E-state index is 0.115. The smallest absolute Gasteiger partial charge is 0.129 e. The van der Waals surface area contributed by atoms with E-state index >= 15 is 0 Å². The molecule has 1 fully saturated rings. The summed E-state index contributed by atoms with van der Waals surface area (Å²) in [4.78, 5) is 2.30. The molecule has 0 amide bonds. The molecule has 1 aromatic rings. The second kappa shape index (κ2) is 5.19. The first-order valence-corrected chi connectivity index (χ1v) is 7.86. The highest BCUT2D eigenvalue weighted by atomic mass is 79.9. The van der Waals surface area contributed by atoms with Crippen molar-refractivity contribution in [2.75, 3.05) is 23.7 Å². The maximum Gasteiger partial charge on any atom is 0.129 e. The summed E-state index contributed by atoms with van der Waals surface area (Å²) in [5.74, 6) is 0.987. The Morgan fingerprint density at radius 1 is 1.47 bits per heavy atom. The van der Waals surface area contributed by atoms with Gasteiger partial charge in [0.15, 0.2) is 0 Å². The van der Waals surface area contributed by atoms with Crippen LogP contribution in [0, 0.1) is 5.82 Å². The lowest BCUT2D eigenvalue weighted by Crippen LogP contribution is -2.43. The van der Waals surface area contributed by atoms with Crippen molar-refractivity contribution in [1.29, 1.82) is 0 Å². The van der Waals surface area contributed by atoms with Gasteiger partial charge < -0.3 is 4.90 Å². The van der Waals surface area contributed by atoms with Crippen molar-refractivity contribution in [3.63, 3.8) is 0 Å². The minimum atomic E-state index is -0.115. The highest BCUT2D eigenvalue weighted by Gasteiger charge is 2.28. The van der Waals surface area contributed by atoms with E-state index in [1.165, 1.54) is 6.07 Å². The third-order valence-electron chi connectivity index (χ3n) is 2.99. The molecule has 0 saturated carbocycles. The molecule has 4 heteroatoms. The molecule has 1 saturated heterocycles. The fourth-order valence-electron chi connectivity index (χ4n) is 2.20. The van der Waals surface area contributed by atoms with E-state index in [9.17, 15) is 4.39 Å². The van der Waals surface area contributed by atoms with Gasteiger partial charge >= 0.3 is 0 Å². The van der Waals surface area contributed by atoms with Crippen LogP contribution >= 0.6 is 27.7 Å². The van der Waals surface area contributed by atoms with Gasteiger partial charge in [-0.25, -0.2) is 4.39 Å². The van der Waals surface area contributed by atoms with E-state index < -0.39 is 0 Å². The molecule has 0 atom stereocenters. The van der Waals surface area contributed by atoms with E-state index in [0.717, 1.165) is 30.1 Å². The van der Waals surface area contributed by atoms with Crippen LogP contribution in [-0.2, 0) is 5.33 Å². The molecular weight excluding hydrogens is 301 g/mol. The van der Waals surface area contributed by atoms with Crippen molar-refractivity contribution in [2.45, 2.75) is 23.9 Å². The van der Waals surface area contributed by atoms with Crippen LogP contribution in [0.15, 0.2) is 18.2 Å². The Bertz CT molecular complexity index is 408. The maximum atomic E-state index is 13.7. The number of thioether (sulfide) groups is 1. The van der Waals surface area contributed by atoms with E-state index in [0.29, 0.717) is 5.33 Å². The molecule has 1 nitrogen and oxygen atoms in total. The first kappa shape index (κ1) is 13.2. The third kappa shape index (κ3) is 2.97. The number of hydrogen-bond acceptors (Lipinski definition) is 2. The highest BCUT2D eigenvalue weighted by Crippen LogP contribution is 2.34. The summed E-state index contributed by atoms with van der Waals surface area (Å²) in [7, 11) is 0. The Hall–Kier alpha value is -0.220. The molecule has 0 unspecified atom stereocenters. The van der Waals surface area contributed by atoms with Gasteiger partial charge in [0, 0.05) is 40.2 Å². The topological polar surface area (TPSA) is 3.24 Å². The van der Waals surface area contributed by atoms with Crippen LogP contribution in [0.3, 0.4) is 0 Å². The van der Waals surface area contributed by atoms with Gasteiger partial charge in [-0.2, -0.15) is 11.8 Å². The van der Waals surface area contributed by atoms with Crippen LogP contribution in [-0.4, -0.2) is 23.6 Å². The van der Waals surface area contributed by atoms with Crippen LogP contribution in [0.4, 0.5) is 10.1 Å². The molecule has 0 aromatic heterocycles. The van der Waals surface area contributed by atoms with Crippen LogP contribution in [0.2, 0.25) is 0 Å². The highest BCUT2D eigenvalue weighted by molar-refractivity contribution is 9.08. The summed E-state index contributed by atoms with van der Waals surface area (Å²) in [5, 5.41) is 0.569. The van der Waals surface area contributed by atoms with Crippen molar-refractivity contribution in [2.24, 2.45) is 0 Å². The van der Waals surface area contributed by atoms with Gasteiger partial charge in [0.05, 0.1) is 0 Å². The van der Waals surface area contributed by atoms with E-state index in [1.54, 1.807) is 6.07 Å². The van der Waals surface area contributed by atoms with Gasteiger partial charge in [-0.15, -0.1) is 0 Å². The van der Waals surface area contributed by atoms with Gasteiger partial charge in [-0.05, 0) is 26.0 Å². The van der Waals surface area contributed by atoms with Crippen molar-refractivity contribution in [3.8, 4) is 0 Å². The zero-order chi connectivity index (χ0) is 12.5. The Morgan fingerprint density at radius 3 is 2.88 bits per heavy atom. The molecule has 2 rings (SSSR count). The average Bonchev–Trinajstić information content (AvgIpc) is 2.27. The maximum absolute atomic E-state index is 13.7. The van der Waals surface area contributed by atoms with E-state index in [-0.39, 0.29) is 10.6 Å². The Labute approximate surface area is 115 Å². The van der Waals surface area contributed by atoms with Gasteiger partial charge in [0.25, 0.3) is 0 Å². The molecule has 17 heavy (non-hydrogen) atoms. The van der Waals surface area contributed by atoms with Crippen LogP contribution in [0.25, 0.3) is 0 Å². The van der Waals surface area contributed by atoms with Gasteiger partial charge in [-0.1, -0.05) is 22.0 Å². The lowest BCUT2D eigenvalue weighted by molar-refractivity contribution is 0.609. The lowest BCUT2D eigenvalue weighted by Gasteiger charge is -2.39. The first-order valence-electron chi connectivity index (χ1n) is 5.76. The van der Waals surface area contributed by atoms with Crippen LogP contribution in [0.5, 0.6) is 0 Å².